The summed E-state index contributed by atoms with van der Waals surface area (Å²) in [5.41, 5.74) is 5.00. The van der Waals surface area contributed by atoms with Crippen molar-refractivity contribution in [2.45, 2.75) is 25.9 Å². The molecular formula is C13H16F4N2O. The molecule has 0 saturated heterocycles. The molecule has 1 amide bonds. The van der Waals surface area contributed by atoms with Crippen molar-refractivity contribution in [1.82, 2.24) is 4.90 Å². The van der Waals surface area contributed by atoms with Crippen LogP contribution in [0.15, 0.2) is 18.2 Å². The van der Waals surface area contributed by atoms with E-state index < -0.39 is 24.4 Å². The monoisotopic (exact) mass is 292 g/mol. The van der Waals surface area contributed by atoms with Crippen LogP contribution in [0.1, 0.15) is 30.1 Å². The minimum Gasteiger partial charge on any atom is -0.396 e. The smallest absolute Gasteiger partial charge is 0.396 e. The zero-order valence-corrected chi connectivity index (χ0v) is 11.0. The van der Waals surface area contributed by atoms with Gasteiger partial charge in [-0.15, -0.1) is 0 Å². The van der Waals surface area contributed by atoms with Crippen molar-refractivity contribution < 1.29 is 22.4 Å². The number of amides is 1. The predicted octanol–water partition coefficient (Wildman–Crippen LogP) is 3.21. The first-order valence-corrected chi connectivity index (χ1v) is 6.15. The van der Waals surface area contributed by atoms with E-state index in [1.54, 1.807) is 0 Å². The lowest BCUT2D eigenvalue weighted by Crippen LogP contribution is -2.39. The highest BCUT2D eigenvalue weighted by Gasteiger charge is 2.33. The number of rotatable bonds is 5. The molecule has 0 radical (unpaired) electrons. The molecule has 0 saturated carbocycles. The van der Waals surface area contributed by atoms with E-state index in [0.29, 0.717) is 17.7 Å². The van der Waals surface area contributed by atoms with E-state index in [-0.39, 0.29) is 17.8 Å². The van der Waals surface area contributed by atoms with Gasteiger partial charge < -0.3 is 10.6 Å². The SMILES string of the molecule is CCCCN(CC(F)(F)F)C(=O)c1ccc(F)c(N)c1. The van der Waals surface area contributed by atoms with Crippen molar-refractivity contribution in [3.63, 3.8) is 0 Å². The van der Waals surface area contributed by atoms with E-state index in [4.69, 9.17) is 5.73 Å². The van der Waals surface area contributed by atoms with Crippen LogP contribution in [0.2, 0.25) is 0 Å². The minimum absolute atomic E-state index is 0.00781. The number of carbonyl (C=O) groups is 1. The number of alkyl halides is 3. The van der Waals surface area contributed by atoms with Crippen LogP contribution in [0.4, 0.5) is 23.2 Å². The lowest BCUT2D eigenvalue weighted by Gasteiger charge is -2.24. The molecule has 0 aliphatic heterocycles. The molecule has 0 unspecified atom stereocenters. The predicted molar refractivity (Wildman–Crippen MR) is 67.7 cm³/mol. The Kier molecular flexibility index (Phi) is 5.35. The van der Waals surface area contributed by atoms with Gasteiger partial charge in [0.2, 0.25) is 0 Å². The fourth-order valence-corrected chi connectivity index (χ4v) is 1.68. The van der Waals surface area contributed by atoms with E-state index in [1.165, 1.54) is 0 Å². The molecule has 0 atom stereocenters. The lowest BCUT2D eigenvalue weighted by molar-refractivity contribution is -0.140. The zero-order valence-electron chi connectivity index (χ0n) is 11.0. The third kappa shape index (κ3) is 4.71. The number of halogens is 4. The second-order valence-electron chi connectivity index (χ2n) is 4.43. The second kappa shape index (κ2) is 6.58. The maximum atomic E-state index is 13.0. The molecule has 1 aromatic rings. The normalized spacial score (nSPS) is 11.4. The first-order chi connectivity index (χ1) is 9.24. The van der Waals surface area contributed by atoms with Crippen molar-refractivity contribution in [3.05, 3.63) is 29.6 Å². The number of nitrogen functional groups attached to an aromatic ring is 1. The molecule has 0 spiro atoms. The van der Waals surface area contributed by atoms with Crippen molar-refractivity contribution in [2.75, 3.05) is 18.8 Å². The quantitative estimate of drug-likeness (QED) is 0.669. The van der Waals surface area contributed by atoms with Gasteiger partial charge in [-0.3, -0.25) is 4.79 Å². The Morgan fingerprint density at radius 1 is 1.35 bits per heavy atom. The second-order valence-corrected chi connectivity index (χ2v) is 4.43. The highest BCUT2D eigenvalue weighted by molar-refractivity contribution is 5.95. The first-order valence-electron chi connectivity index (χ1n) is 6.15. The van der Waals surface area contributed by atoms with Gasteiger partial charge in [-0.25, -0.2) is 4.39 Å². The molecule has 112 valence electrons. The van der Waals surface area contributed by atoms with Crippen molar-refractivity contribution in [2.24, 2.45) is 0 Å². The lowest BCUT2D eigenvalue weighted by atomic mass is 10.1. The zero-order chi connectivity index (χ0) is 15.3. The molecule has 20 heavy (non-hydrogen) atoms. The number of nitrogens with two attached hydrogens (primary N) is 1. The summed E-state index contributed by atoms with van der Waals surface area (Å²) in [4.78, 5) is 12.7. The Bertz CT molecular complexity index is 474. The van der Waals surface area contributed by atoms with E-state index in [0.717, 1.165) is 18.2 Å². The van der Waals surface area contributed by atoms with E-state index >= 15 is 0 Å². The van der Waals surface area contributed by atoms with E-state index in [1.807, 2.05) is 6.92 Å². The fourth-order valence-electron chi connectivity index (χ4n) is 1.68. The van der Waals surface area contributed by atoms with Crippen LogP contribution in [0.25, 0.3) is 0 Å². The van der Waals surface area contributed by atoms with E-state index in [2.05, 4.69) is 0 Å². The van der Waals surface area contributed by atoms with Crippen LogP contribution in [0.5, 0.6) is 0 Å². The van der Waals surface area contributed by atoms with Gasteiger partial charge >= 0.3 is 6.18 Å². The highest BCUT2D eigenvalue weighted by Crippen LogP contribution is 2.20. The third-order valence-corrected chi connectivity index (χ3v) is 2.68. The van der Waals surface area contributed by atoms with E-state index in [9.17, 15) is 22.4 Å². The van der Waals surface area contributed by atoms with Gasteiger partial charge in [0.15, 0.2) is 0 Å². The van der Waals surface area contributed by atoms with Crippen LogP contribution in [-0.4, -0.2) is 30.1 Å². The average Bonchev–Trinajstić information content (AvgIpc) is 2.35. The molecule has 0 bridgehead atoms. The maximum Gasteiger partial charge on any atom is 0.406 e. The van der Waals surface area contributed by atoms with Gasteiger partial charge in [-0.1, -0.05) is 13.3 Å². The summed E-state index contributed by atoms with van der Waals surface area (Å²) in [5, 5.41) is 0. The molecule has 1 aromatic carbocycles. The van der Waals surface area contributed by atoms with Crippen molar-refractivity contribution >= 4 is 11.6 Å². The molecular weight excluding hydrogens is 276 g/mol. The Morgan fingerprint density at radius 3 is 2.50 bits per heavy atom. The summed E-state index contributed by atoms with van der Waals surface area (Å²) >= 11 is 0. The molecule has 1 rings (SSSR count). The molecule has 2 N–H and O–H groups in total. The number of anilines is 1. The Labute approximate surface area is 114 Å². The van der Waals surface area contributed by atoms with Crippen LogP contribution in [0, 0.1) is 5.82 Å². The molecule has 0 aromatic heterocycles. The number of benzene rings is 1. The summed E-state index contributed by atoms with van der Waals surface area (Å²) in [7, 11) is 0. The summed E-state index contributed by atoms with van der Waals surface area (Å²) < 4.78 is 50.4. The number of nitrogens with zero attached hydrogens (tertiary/aromatic N) is 1. The van der Waals surface area contributed by atoms with Crippen LogP contribution >= 0.6 is 0 Å². The largest absolute Gasteiger partial charge is 0.406 e. The molecule has 3 nitrogen and oxygen atoms in total. The standard InChI is InChI=1S/C13H16F4N2O/c1-2-3-6-19(8-13(15,16)17)12(20)9-4-5-10(14)11(18)7-9/h4-5,7H,2-3,6,8,18H2,1H3. The van der Waals surface area contributed by atoms with Gasteiger partial charge in [0, 0.05) is 12.1 Å². The highest BCUT2D eigenvalue weighted by atomic mass is 19.4. The van der Waals surface area contributed by atoms with Crippen molar-refractivity contribution in [3.8, 4) is 0 Å². The summed E-state index contributed by atoms with van der Waals surface area (Å²) in [6.07, 6.45) is -3.36. The maximum absolute atomic E-state index is 13.0. The molecule has 0 fully saturated rings. The Morgan fingerprint density at radius 2 is 2.00 bits per heavy atom. The number of hydrogen-bond donors (Lipinski definition) is 1. The van der Waals surface area contributed by atoms with Gasteiger partial charge in [-0.05, 0) is 24.6 Å². The Hall–Kier alpha value is -1.79. The van der Waals surface area contributed by atoms with Gasteiger partial charge in [0.25, 0.3) is 5.91 Å². The minimum atomic E-state index is -4.48. The van der Waals surface area contributed by atoms with Crippen LogP contribution < -0.4 is 5.73 Å². The molecule has 0 heterocycles. The van der Waals surface area contributed by atoms with Crippen molar-refractivity contribution in [1.29, 1.82) is 0 Å². The third-order valence-electron chi connectivity index (χ3n) is 2.68. The summed E-state index contributed by atoms with van der Waals surface area (Å²) in [6, 6.07) is 3.14. The molecule has 7 heteroatoms. The molecule has 0 aliphatic carbocycles. The number of unbranched alkanes of at least 4 members (excludes halogenated alkanes) is 1. The topological polar surface area (TPSA) is 46.3 Å². The van der Waals surface area contributed by atoms with Crippen LogP contribution in [-0.2, 0) is 0 Å². The molecule has 0 aliphatic rings. The average molecular weight is 292 g/mol. The first kappa shape index (κ1) is 16.3. The number of carbonyl (C=O) groups excluding carboxylic acids is 1. The van der Waals surface area contributed by atoms with Crippen LogP contribution in [0.3, 0.4) is 0 Å². The van der Waals surface area contributed by atoms with Gasteiger partial charge in [-0.2, -0.15) is 13.2 Å². The summed E-state index contributed by atoms with van der Waals surface area (Å²) in [6.45, 7) is 0.474. The fraction of sp³-hybridized carbons (Fsp3) is 0.462. The Balaban J connectivity index is 2.93. The number of hydrogen-bond acceptors (Lipinski definition) is 2. The summed E-state index contributed by atoms with van der Waals surface area (Å²) in [5.74, 6) is -1.51. The van der Waals surface area contributed by atoms with Gasteiger partial charge in [0.1, 0.15) is 12.4 Å². The van der Waals surface area contributed by atoms with Gasteiger partial charge in [0.05, 0.1) is 5.69 Å².